The molecule has 0 N–H and O–H groups in total. The largest absolute Gasteiger partial charge is 0.332 e. The number of nitrogens with zero attached hydrogens (tertiary/aromatic N) is 6. The van der Waals surface area contributed by atoms with Crippen LogP contribution in [0.3, 0.4) is 0 Å². The van der Waals surface area contributed by atoms with E-state index in [1.54, 1.807) is 18.5 Å². The Kier molecular flexibility index (Phi) is 2.84. The van der Waals surface area contributed by atoms with E-state index in [0.29, 0.717) is 5.71 Å². The molecule has 9 heteroatoms. The Morgan fingerprint density at radius 3 is 2.41 bits per heavy atom. The molecule has 1 aliphatic heterocycles. The Bertz CT molecular complexity index is 961. The maximum atomic E-state index is 12.5. The van der Waals surface area contributed by atoms with Gasteiger partial charge in [0.05, 0.1) is 11.8 Å². The van der Waals surface area contributed by atoms with E-state index < -0.39 is 11.2 Å². The molecule has 0 radical (unpaired) electrons. The van der Waals surface area contributed by atoms with Crippen molar-refractivity contribution >= 4 is 28.7 Å². The van der Waals surface area contributed by atoms with Crippen LogP contribution < -0.4 is 16.3 Å². The SMILES string of the molecule is CC(=O)N1N=C(C)[C@@H](C)n2c1nc1c2c(=O)n(C)c(=O)n1C. The van der Waals surface area contributed by atoms with Crippen molar-refractivity contribution in [3.05, 3.63) is 20.8 Å². The lowest BCUT2D eigenvalue weighted by atomic mass is 10.2. The van der Waals surface area contributed by atoms with Gasteiger partial charge in [0.25, 0.3) is 5.56 Å². The monoisotopic (exact) mass is 304 g/mol. The maximum absolute atomic E-state index is 12.5. The highest BCUT2D eigenvalue weighted by Crippen LogP contribution is 2.29. The summed E-state index contributed by atoms with van der Waals surface area (Å²) in [6.07, 6.45) is 0. The zero-order valence-electron chi connectivity index (χ0n) is 13.0. The Hall–Kier alpha value is -2.71. The fourth-order valence-corrected chi connectivity index (χ4v) is 2.60. The van der Waals surface area contributed by atoms with Gasteiger partial charge in [0.15, 0.2) is 11.2 Å². The number of aryl methyl sites for hydroxylation is 1. The van der Waals surface area contributed by atoms with Gasteiger partial charge in [-0.05, 0) is 13.8 Å². The molecule has 0 bridgehead atoms. The van der Waals surface area contributed by atoms with Gasteiger partial charge in [-0.1, -0.05) is 0 Å². The Balaban J connectivity index is 2.53. The van der Waals surface area contributed by atoms with Crippen LogP contribution in [0.4, 0.5) is 5.95 Å². The van der Waals surface area contributed by atoms with Crippen LogP contribution in [0.2, 0.25) is 0 Å². The van der Waals surface area contributed by atoms with Crippen molar-refractivity contribution in [3.63, 3.8) is 0 Å². The number of fused-ring (bicyclic) bond motifs is 3. The summed E-state index contributed by atoms with van der Waals surface area (Å²) in [6, 6.07) is -0.235. The van der Waals surface area contributed by atoms with Gasteiger partial charge in [0, 0.05) is 21.0 Å². The highest BCUT2D eigenvalue weighted by atomic mass is 16.2. The molecule has 0 saturated heterocycles. The van der Waals surface area contributed by atoms with E-state index in [0.717, 1.165) is 9.58 Å². The summed E-state index contributed by atoms with van der Waals surface area (Å²) in [5.41, 5.74) is 0.297. The molecule has 0 saturated carbocycles. The van der Waals surface area contributed by atoms with E-state index >= 15 is 0 Å². The van der Waals surface area contributed by atoms with E-state index in [1.807, 2.05) is 6.92 Å². The van der Waals surface area contributed by atoms with Crippen LogP contribution in [-0.2, 0) is 18.9 Å². The molecule has 3 rings (SSSR count). The minimum Gasteiger partial charge on any atom is -0.294 e. The van der Waals surface area contributed by atoms with Gasteiger partial charge in [0.2, 0.25) is 11.9 Å². The van der Waals surface area contributed by atoms with Crippen molar-refractivity contribution in [2.75, 3.05) is 5.01 Å². The number of hydrogen-bond acceptors (Lipinski definition) is 5. The lowest BCUT2D eigenvalue weighted by Gasteiger charge is -2.27. The molecule has 1 atom stereocenters. The molecule has 9 nitrogen and oxygen atoms in total. The number of anilines is 1. The maximum Gasteiger partial charge on any atom is 0.332 e. The molecular formula is C13H16N6O3. The normalized spacial score (nSPS) is 17.6. The van der Waals surface area contributed by atoms with Crippen LogP contribution in [0, 0.1) is 0 Å². The van der Waals surface area contributed by atoms with Gasteiger partial charge in [0.1, 0.15) is 0 Å². The lowest BCUT2D eigenvalue weighted by Crippen LogP contribution is -2.39. The van der Waals surface area contributed by atoms with Crippen molar-refractivity contribution in [1.29, 1.82) is 0 Å². The van der Waals surface area contributed by atoms with Gasteiger partial charge in [-0.2, -0.15) is 15.1 Å². The first kappa shape index (κ1) is 14.2. The summed E-state index contributed by atoms with van der Waals surface area (Å²) in [5.74, 6) is -0.0662. The standard InChI is InChI=1S/C13H16N6O3/c1-6-7(2)18-9-10(14-12(18)19(15-6)8(3)20)16(4)13(22)17(5)11(9)21/h7H,1-5H3/t7-/m1/s1. The lowest BCUT2D eigenvalue weighted by molar-refractivity contribution is -0.116. The summed E-state index contributed by atoms with van der Waals surface area (Å²) < 4.78 is 3.98. The molecule has 0 fully saturated rings. The van der Waals surface area contributed by atoms with Crippen molar-refractivity contribution in [3.8, 4) is 0 Å². The van der Waals surface area contributed by atoms with E-state index in [2.05, 4.69) is 10.1 Å². The topological polar surface area (TPSA) is 94.5 Å². The van der Waals surface area contributed by atoms with Crippen LogP contribution in [0.1, 0.15) is 26.8 Å². The van der Waals surface area contributed by atoms with Crippen LogP contribution >= 0.6 is 0 Å². The molecule has 116 valence electrons. The minimum absolute atomic E-state index is 0.235. The summed E-state index contributed by atoms with van der Waals surface area (Å²) in [7, 11) is 2.96. The number of rotatable bonds is 0. The fourth-order valence-electron chi connectivity index (χ4n) is 2.60. The van der Waals surface area contributed by atoms with E-state index in [1.165, 1.54) is 18.5 Å². The number of aromatic nitrogens is 4. The second-order valence-corrected chi connectivity index (χ2v) is 5.41. The first-order valence-electron chi connectivity index (χ1n) is 6.79. The smallest absolute Gasteiger partial charge is 0.294 e. The number of imidazole rings is 1. The summed E-state index contributed by atoms with van der Waals surface area (Å²) in [4.78, 5) is 40.7. The van der Waals surface area contributed by atoms with Gasteiger partial charge in [-0.25, -0.2) is 4.79 Å². The molecule has 2 aromatic rings. The van der Waals surface area contributed by atoms with E-state index in [-0.39, 0.29) is 29.1 Å². The van der Waals surface area contributed by atoms with Crippen LogP contribution in [-0.4, -0.2) is 30.3 Å². The van der Waals surface area contributed by atoms with Gasteiger partial charge in [-0.15, -0.1) is 0 Å². The van der Waals surface area contributed by atoms with Crippen molar-refractivity contribution < 1.29 is 4.79 Å². The number of amides is 1. The van der Waals surface area contributed by atoms with Crippen LogP contribution in [0.25, 0.3) is 11.2 Å². The second-order valence-electron chi connectivity index (χ2n) is 5.41. The van der Waals surface area contributed by atoms with Crippen LogP contribution in [0.15, 0.2) is 14.7 Å². The minimum atomic E-state index is -0.465. The molecule has 2 aromatic heterocycles. The number of carbonyl (C=O) groups excluding carboxylic acids is 1. The molecule has 0 aliphatic carbocycles. The summed E-state index contributed by atoms with van der Waals surface area (Å²) in [6.45, 7) is 5.01. The quantitative estimate of drug-likeness (QED) is 0.670. The number of hydrazone groups is 1. The zero-order chi connectivity index (χ0) is 16.3. The van der Waals surface area contributed by atoms with Crippen LogP contribution in [0.5, 0.6) is 0 Å². The highest BCUT2D eigenvalue weighted by Gasteiger charge is 2.31. The van der Waals surface area contributed by atoms with E-state index in [9.17, 15) is 14.4 Å². The van der Waals surface area contributed by atoms with Gasteiger partial charge >= 0.3 is 5.69 Å². The fraction of sp³-hybridized carbons (Fsp3) is 0.462. The predicted octanol–water partition coefficient (Wildman–Crippen LogP) is -0.263. The molecule has 1 amide bonds. The van der Waals surface area contributed by atoms with Gasteiger partial charge < -0.3 is 0 Å². The number of carbonyl (C=O) groups is 1. The third kappa shape index (κ3) is 1.62. The Morgan fingerprint density at radius 1 is 1.18 bits per heavy atom. The van der Waals surface area contributed by atoms with E-state index in [4.69, 9.17) is 0 Å². The first-order chi connectivity index (χ1) is 10.3. The van der Waals surface area contributed by atoms with Crippen molar-refractivity contribution in [2.45, 2.75) is 26.8 Å². The third-order valence-corrected chi connectivity index (χ3v) is 4.01. The molecule has 3 heterocycles. The molecule has 0 spiro atoms. The van der Waals surface area contributed by atoms with Gasteiger partial charge in [-0.3, -0.25) is 23.3 Å². The summed E-state index contributed by atoms with van der Waals surface area (Å²) >= 11 is 0. The molecular weight excluding hydrogens is 288 g/mol. The Labute approximate surface area is 125 Å². The predicted molar refractivity (Wildman–Crippen MR) is 81.2 cm³/mol. The average molecular weight is 304 g/mol. The molecule has 0 unspecified atom stereocenters. The number of hydrogen-bond donors (Lipinski definition) is 0. The van der Waals surface area contributed by atoms with Crippen molar-refractivity contribution in [1.82, 2.24) is 18.7 Å². The Morgan fingerprint density at radius 2 is 1.82 bits per heavy atom. The second kappa shape index (κ2) is 4.39. The molecule has 22 heavy (non-hydrogen) atoms. The first-order valence-corrected chi connectivity index (χ1v) is 6.79. The third-order valence-electron chi connectivity index (χ3n) is 4.01. The summed E-state index contributed by atoms with van der Waals surface area (Å²) in [5, 5.41) is 5.38. The highest BCUT2D eigenvalue weighted by molar-refractivity contribution is 5.99. The zero-order valence-corrected chi connectivity index (χ0v) is 13.0. The molecule has 0 aromatic carbocycles. The van der Waals surface area contributed by atoms with Crippen molar-refractivity contribution in [2.24, 2.45) is 19.2 Å². The molecule has 1 aliphatic rings. The average Bonchev–Trinajstić information content (AvgIpc) is 2.87.